The number of likely N-dealkylation sites (tertiary alicyclic amines) is 1. The molecule has 1 unspecified atom stereocenters. The van der Waals surface area contributed by atoms with E-state index in [4.69, 9.17) is 9.47 Å². The van der Waals surface area contributed by atoms with Crippen molar-refractivity contribution in [2.24, 2.45) is 5.92 Å². The van der Waals surface area contributed by atoms with Gasteiger partial charge in [-0.25, -0.2) is 9.59 Å². The van der Waals surface area contributed by atoms with Gasteiger partial charge in [-0.1, -0.05) is 12.5 Å². The summed E-state index contributed by atoms with van der Waals surface area (Å²) in [5.74, 6) is -0.142. The van der Waals surface area contributed by atoms with E-state index < -0.39 is 0 Å². The number of ether oxygens (including phenoxy) is 2. The van der Waals surface area contributed by atoms with Gasteiger partial charge in [0.15, 0.2) is 0 Å². The lowest BCUT2D eigenvalue weighted by Crippen LogP contribution is -2.40. The van der Waals surface area contributed by atoms with E-state index in [9.17, 15) is 9.59 Å². The molecule has 5 nitrogen and oxygen atoms in total. The van der Waals surface area contributed by atoms with Crippen LogP contribution in [0.25, 0.3) is 0 Å². The first-order valence-electron chi connectivity index (χ1n) is 6.37. The summed E-state index contributed by atoms with van der Waals surface area (Å²) in [6.07, 6.45) is 1.97. The molecule has 1 saturated heterocycles. The van der Waals surface area contributed by atoms with Gasteiger partial charge < -0.3 is 14.4 Å². The Morgan fingerprint density at radius 3 is 2.56 bits per heavy atom. The highest BCUT2D eigenvalue weighted by atomic mass is 16.6. The molecule has 0 saturated carbocycles. The standard InChI is InChI=1S/C13H21NO4/c1-4-17-12(15)8-11-6-7-14(9-10(11)3)13(16)18-5-2/h8,10H,4-7,9H2,1-3H3/b11-8-. The van der Waals surface area contributed by atoms with E-state index in [0.29, 0.717) is 32.7 Å². The number of nitrogens with zero attached hydrogens (tertiary/aromatic N) is 1. The van der Waals surface area contributed by atoms with Crippen molar-refractivity contribution < 1.29 is 19.1 Å². The zero-order valence-electron chi connectivity index (χ0n) is 11.3. The van der Waals surface area contributed by atoms with Crippen LogP contribution in [-0.2, 0) is 14.3 Å². The predicted octanol–water partition coefficient (Wildman–Crippen LogP) is 1.97. The predicted molar refractivity (Wildman–Crippen MR) is 67.1 cm³/mol. The van der Waals surface area contributed by atoms with Gasteiger partial charge in [0.2, 0.25) is 0 Å². The van der Waals surface area contributed by atoms with Crippen LogP contribution in [0.5, 0.6) is 0 Å². The van der Waals surface area contributed by atoms with Gasteiger partial charge in [0, 0.05) is 19.2 Å². The lowest BCUT2D eigenvalue weighted by Gasteiger charge is -2.32. The highest BCUT2D eigenvalue weighted by Crippen LogP contribution is 2.22. The maximum atomic E-state index is 11.6. The molecule has 18 heavy (non-hydrogen) atoms. The summed E-state index contributed by atoms with van der Waals surface area (Å²) in [6.45, 7) is 7.51. The van der Waals surface area contributed by atoms with Crippen LogP contribution in [0, 0.1) is 5.92 Å². The fraction of sp³-hybridized carbons (Fsp3) is 0.692. The quantitative estimate of drug-likeness (QED) is 0.571. The zero-order chi connectivity index (χ0) is 13.5. The molecule has 0 aromatic heterocycles. The number of esters is 1. The summed E-state index contributed by atoms with van der Waals surface area (Å²) in [5, 5.41) is 0. The average molecular weight is 255 g/mol. The molecule has 5 heteroatoms. The molecular formula is C13H21NO4. The fourth-order valence-electron chi connectivity index (χ4n) is 1.98. The molecule has 1 rings (SSSR count). The van der Waals surface area contributed by atoms with E-state index in [1.54, 1.807) is 24.8 Å². The summed E-state index contributed by atoms with van der Waals surface area (Å²) >= 11 is 0. The van der Waals surface area contributed by atoms with Crippen LogP contribution in [0.2, 0.25) is 0 Å². The van der Waals surface area contributed by atoms with Crippen molar-refractivity contribution in [3.05, 3.63) is 11.6 Å². The van der Waals surface area contributed by atoms with Gasteiger partial charge in [-0.3, -0.25) is 0 Å². The van der Waals surface area contributed by atoms with E-state index in [0.717, 1.165) is 5.57 Å². The molecule has 0 aromatic rings. The SMILES string of the molecule is CCOC(=O)/C=C1/CCN(C(=O)OCC)CC1C. The Balaban J connectivity index is 2.56. The van der Waals surface area contributed by atoms with Crippen molar-refractivity contribution in [1.29, 1.82) is 0 Å². The minimum absolute atomic E-state index is 0.160. The van der Waals surface area contributed by atoms with Crippen LogP contribution in [0.15, 0.2) is 11.6 Å². The van der Waals surface area contributed by atoms with Crippen LogP contribution in [-0.4, -0.2) is 43.3 Å². The molecule has 0 aliphatic carbocycles. The normalized spacial score (nSPS) is 21.8. The van der Waals surface area contributed by atoms with E-state index in [-0.39, 0.29) is 18.0 Å². The summed E-state index contributed by atoms with van der Waals surface area (Å²) < 4.78 is 9.85. The Morgan fingerprint density at radius 2 is 2.00 bits per heavy atom. The van der Waals surface area contributed by atoms with Gasteiger partial charge in [0.05, 0.1) is 13.2 Å². The summed E-state index contributed by atoms with van der Waals surface area (Å²) in [7, 11) is 0. The molecule has 1 heterocycles. The van der Waals surface area contributed by atoms with Crippen LogP contribution < -0.4 is 0 Å². The first-order chi connectivity index (χ1) is 8.58. The van der Waals surface area contributed by atoms with E-state index in [1.165, 1.54) is 0 Å². The summed E-state index contributed by atoms with van der Waals surface area (Å²) in [4.78, 5) is 24.6. The number of amides is 1. The second-order valence-corrected chi connectivity index (χ2v) is 4.27. The van der Waals surface area contributed by atoms with Crippen molar-refractivity contribution >= 4 is 12.1 Å². The van der Waals surface area contributed by atoms with Gasteiger partial charge >= 0.3 is 12.1 Å². The third-order valence-electron chi connectivity index (χ3n) is 2.91. The maximum Gasteiger partial charge on any atom is 0.409 e. The van der Waals surface area contributed by atoms with Gasteiger partial charge in [-0.05, 0) is 26.2 Å². The van der Waals surface area contributed by atoms with Crippen LogP contribution in [0.1, 0.15) is 27.2 Å². The molecule has 0 bridgehead atoms. The van der Waals surface area contributed by atoms with Crippen LogP contribution in [0.4, 0.5) is 4.79 Å². The second kappa shape index (κ2) is 7.03. The summed E-state index contributed by atoms with van der Waals surface area (Å²) in [5.41, 5.74) is 1.04. The van der Waals surface area contributed by atoms with Gasteiger partial charge in [0.25, 0.3) is 0 Å². The van der Waals surface area contributed by atoms with Crippen molar-refractivity contribution in [1.82, 2.24) is 4.90 Å². The Hall–Kier alpha value is -1.52. The van der Waals surface area contributed by atoms with E-state index in [1.807, 2.05) is 6.92 Å². The lowest BCUT2D eigenvalue weighted by molar-refractivity contribution is -0.137. The number of carbonyl (C=O) groups excluding carboxylic acids is 2. The molecule has 1 atom stereocenters. The van der Waals surface area contributed by atoms with Crippen LogP contribution >= 0.6 is 0 Å². The Labute approximate surface area is 108 Å². The van der Waals surface area contributed by atoms with Gasteiger partial charge in [-0.2, -0.15) is 0 Å². The zero-order valence-corrected chi connectivity index (χ0v) is 11.3. The van der Waals surface area contributed by atoms with Gasteiger partial charge in [-0.15, -0.1) is 0 Å². The minimum atomic E-state index is -0.302. The third kappa shape index (κ3) is 4.05. The number of rotatable bonds is 3. The average Bonchev–Trinajstić information content (AvgIpc) is 2.32. The van der Waals surface area contributed by atoms with E-state index in [2.05, 4.69) is 0 Å². The molecular weight excluding hydrogens is 234 g/mol. The Bertz CT molecular complexity index is 338. The number of carbonyl (C=O) groups is 2. The summed E-state index contributed by atoms with van der Waals surface area (Å²) in [6, 6.07) is 0. The number of hydrogen-bond acceptors (Lipinski definition) is 4. The lowest BCUT2D eigenvalue weighted by atomic mass is 9.93. The molecule has 0 radical (unpaired) electrons. The molecule has 0 aromatic carbocycles. The number of piperidine rings is 1. The largest absolute Gasteiger partial charge is 0.463 e. The molecule has 1 amide bonds. The maximum absolute atomic E-state index is 11.6. The third-order valence-corrected chi connectivity index (χ3v) is 2.91. The fourth-order valence-corrected chi connectivity index (χ4v) is 1.98. The molecule has 102 valence electrons. The van der Waals surface area contributed by atoms with Crippen molar-refractivity contribution in [3.8, 4) is 0 Å². The smallest absolute Gasteiger partial charge is 0.409 e. The topological polar surface area (TPSA) is 55.8 Å². The molecule has 1 fully saturated rings. The highest BCUT2D eigenvalue weighted by Gasteiger charge is 2.25. The highest BCUT2D eigenvalue weighted by molar-refractivity contribution is 5.83. The van der Waals surface area contributed by atoms with Crippen LogP contribution in [0.3, 0.4) is 0 Å². The molecule has 0 N–H and O–H groups in total. The second-order valence-electron chi connectivity index (χ2n) is 4.27. The first-order valence-corrected chi connectivity index (χ1v) is 6.37. The Morgan fingerprint density at radius 1 is 1.33 bits per heavy atom. The molecule has 1 aliphatic rings. The van der Waals surface area contributed by atoms with Crippen molar-refractivity contribution in [3.63, 3.8) is 0 Å². The minimum Gasteiger partial charge on any atom is -0.463 e. The monoisotopic (exact) mass is 255 g/mol. The first kappa shape index (κ1) is 14.5. The molecule has 0 spiro atoms. The molecule has 1 aliphatic heterocycles. The van der Waals surface area contributed by atoms with Crippen molar-refractivity contribution in [2.75, 3.05) is 26.3 Å². The van der Waals surface area contributed by atoms with E-state index >= 15 is 0 Å². The van der Waals surface area contributed by atoms with Crippen molar-refractivity contribution in [2.45, 2.75) is 27.2 Å². The van der Waals surface area contributed by atoms with Gasteiger partial charge in [0.1, 0.15) is 0 Å². The number of hydrogen-bond donors (Lipinski definition) is 0. The Kier molecular flexibility index (Phi) is 5.68.